The predicted molar refractivity (Wildman–Crippen MR) is 76.0 cm³/mol. The van der Waals surface area contributed by atoms with E-state index in [1.807, 2.05) is 11.9 Å². The van der Waals surface area contributed by atoms with Crippen molar-refractivity contribution in [3.05, 3.63) is 29.6 Å². The zero-order valence-electron chi connectivity index (χ0n) is 11.9. The van der Waals surface area contributed by atoms with Crippen LogP contribution in [0.4, 0.5) is 10.1 Å². The average molecular weight is 266 g/mol. The van der Waals surface area contributed by atoms with Gasteiger partial charge in [-0.15, -0.1) is 0 Å². The number of hydrogen-bond donors (Lipinski definition) is 1. The summed E-state index contributed by atoms with van der Waals surface area (Å²) in [4.78, 5) is 4.26. The molecule has 0 saturated carbocycles. The summed E-state index contributed by atoms with van der Waals surface area (Å²) in [5.74, 6) is -0.255. The summed E-state index contributed by atoms with van der Waals surface area (Å²) in [6.07, 6.45) is 1.53. The predicted octanol–water partition coefficient (Wildman–Crippen LogP) is 2.41. The normalized spacial score (nSPS) is 22.3. The third-order valence-electron chi connectivity index (χ3n) is 3.97. The van der Waals surface area contributed by atoms with Gasteiger partial charge in [0.15, 0.2) is 0 Å². The third kappa shape index (κ3) is 3.07. The lowest BCUT2D eigenvalue weighted by Gasteiger charge is -2.38. The SMILES string of the molecule is C[C@H](O)c1cccc(F)c1N(C)C1CCCN(C)C1. The van der Waals surface area contributed by atoms with Crippen LogP contribution in [0, 0.1) is 5.82 Å². The number of aliphatic hydroxyl groups is 1. The molecule has 1 saturated heterocycles. The van der Waals surface area contributed by atoms with Gasteiger partial charge in [0.05, 0.1) is 11.8 Å². The van der Waals surface area contributed by atoms with Crippen molar-refractivity contribution in [1.82, 2.24) is 4.90 Å². The van der Waals surface area contributed by atoms with Gasteiger partial charge in [-0.25, -0.2) is 4.39 Å². The highest BCUT2D eigenvalue weighted by Gasteiger charge is 2.25. The summed E-state index contributed by atoms with van der Waals surface area (Å²) in [5.41, 5.74) is 1.20. The van der Waals surface area contributed by atoms with Crippen molar-refractivity contribution >= 4 is 5.69 Å². The van der Waals surface area contributed by atoms with Crippen molar-refractivity contribution in [1.29, 1.82) is 0 Å². The van der Waals surface area contributed by atoms with E-state index in [2.05, 4.69) is 11.9 Å². The fraction of sp³-hybridized carbons (Fsp3) is 0.600. The van der Waals surface area contributed by atoms with Gasteiger partial charge in [0.2, 0.25) is 0 Å². The molecule has 0 radical (unpaired) electrons. The minimum atomic E-state index is -0.658. The van der Waals surface area contributed by atoms with Crippen molar-refractivity contribution in [2.75, 3.05) is 32.1 Å². The summed E-state index contributed by atoms with van der Waals surface area (Å²) in [6.45, 7) is 3.72. The van der Waals surface area contributed by atoms with Crippen LogP contribution in [-0.4, -0.2) is 43.2 Å². The summed E-state index contributed by atoms with van der Waals surface area (Å²) >= 11 is 0. The van der Waals surface area contributed by atoms with Gasteiger partial charge in [-0.2, -0.15) is 0 Å². The first-order valence-electron chi connectivity index (χ1n) is 6.88. The number of likely N-dealkylation sites (N-methyl/N-ethyl adjacent to an activating group) is 2. The van der Waals surface area contributed by atoms with Gasteiger partial charge in [-0.05, 0) is 39.4 Å². The Balaban J connectivity index is 2.29. The van der Waals surface area contributed by atoms with E-state index in [4.69, 9.17) is 0 Å². The van der Waals surface area contributed by atoms with Crippen LogP contribution in [0.1, 0.15) is 31.4 Å². The minimum Gasteiger partial charge on any atom is -0.389 e. The molecule has 0 spiro atoms. The van der Waals surface area contributed by atoms with Gasteiger partial charge in [-0.1, -0.05) is 12.1 Å². The first-order valence-corrected chi connectivity index (χ1v) is 6.88. The highest BCUT2D eigenvalue weighted by molar-refractivity contribution is 5.56. The number of aliphatic hydroxyl groups excluding tert-OH is 1. The van der Waals surface area contributed by atoms with Crippen molar-refractivity contribution in [2.45, 2.75) is 31.9 Å². The molecule has 1 heterocycles. The van der Waals surface area contributed by atoms with Crippen LogP contribution in [-0.2, 0) is 0 Å². The van der Waals surface area contributed by atoms with Gasteiger partial charge in [0.25, 0.3) is 0 Å². The average Bonchev–Trinajstić information content (AvgIpc) is 2.37. The molecule has 0 aliphatic carbocycles. The van der Waals surface area contributed by atoms with Crippen LogP contribution >= 0.6 is 0 Å². The molecule has 19 heavy (non-hydrogen) atoms. The maximum atomic E-state index is 14.1. The Morgan fingerprint density at radius 2 is 2.21 bits per heavy atom. The molecule has 2 rings (SSSR count). The lowest BCUT2D eigenvalue weighted by molar-refractivity contribution is 0.198. The summed E-state index contributed by atoms with van der Waals surface area (Å²) < 4.78 is 14.1. The monoisotopic (exact) mass is 266 g/mol. The number of benzene rings is 1. The number of rotatable bonds is 3. The van der Waals surface area contributed by atoms with E-state index in [9.17, 15) is 9.50 Å². The largest absolute Gasteiger partial charge is 0.389 e. The Kier molecular flexibility index (Phi) is 4.42. The molecule has 1 N–H and O–H groups in total. The topological polar surface area (TPSA) is 26.7 Å². The van der Waals surface area contributed by atoms with E-state index in [-0.39, 0.29) is 5.82 Å². The summed E-state index contributed by atoms with van der Waals surface area (Å²) in [7, 11) is 4.02. The molecule has 4 heteroatoms. The van der Waals surface area contributed by atoms with E-state index < -0.39 is 6.10 Å². The molecule has 1 unspecified atom stereocenters. The zero-order valence-corrected chi connectivity index (χ0v) is 11.9. The zero-order chi connectivity index (χ0) is 14.0. The molecule has 1 aromatic carbocycles. The smallest absolute Gasteiger partial charge is 0.146 e. The molecule has 106 valence electrons. The number of halogens is 1. The summed E-state index contributed by atoms with van der Waals surface area (Å²) in [5, 5.41) is 9.82. The van der Waals surface area contributed by atoms with Crippen molar-refractivity contribution in [3.8, 4) is 0 Å². The van der Waals surface area contributed by atoms with Gasteiger partial charge in [-0.3, -0.25) is 0 Å². The van der Waals surface area contributed by atoms with Crippen molar-refractivity contribution in [2.24, 2.45) is 0 Å². The van der Waals surface area contributed by atoms with E-state index in [0.29, 0.717) is 17.3 Å². The Labute approximate surface area is 114 Å². The Morgan fingerprint density at radius 1 is 1.47 bits per heavy atom. The molecule has 3 nitrogen and oxygen atoms in total. The van der Waals surface area contributed by atoms with E-state index in [0.717, 1.165) is 25.9 Å². The van der Waals surface area contributed by atoms with Crippen molar-refractivity contribution in [3.63, 3.8) is 0 Å². The van der Waals surface area contributed by atoms with Gasteiger partial charge in [0, 0.05) is 25.2 Å². The number of nitrogens with zero attached hydrogens (tertiary/aromatic N) is 2. The van der Waals surface area contributed by atoms with Gasteiger partial charge >= 0.3 is 0 Å². The quantitative estimate of drug-likeness (QED) is 0.910. The highest BCUT2D eigenvalue weighted by Crippen LogP contribution is 2.31. The summed E-state index contributed by atoms with van der Waals surface area (Å²) in [6, 6.07) is 5.21. The Bertz CT molecular complexity index is 436. The van der Waals surface area contributed by atoms with Crippen LogP contribution < -0.4 is 4.90 Å². The lowest BCUT2D eigenvalue weighted by Crippen LogP contribution is -2.45. The molecule has 1 aliphatic rings. The molecule has 2 atom stereocenters. The Hall–Kier alpha value is -1.13. The van der Waals surface area contributed by atoms with Gasteiger partial charge in [0.1, 0.15) is 5.82 Å². The third-order valence-corrected chi connectivity index (χ3v) is 3.97. The molecule has 0 amide bonds. The molecule has 1 aliphatic heterocycles. The molecular formula is C15H23FN2O. The lowest BCUT2D eigenvalue weighted by atomic mass is 10.0. The Morgan fingerprint density at radius 3 is 2.84 bits per heavy atom. The number of hydrogen-bond acceptors (Lipinski definition) is 3. The van der Waals surface area contributed by atoms with Crippen LogP contribution in [0.15, 0.2) is 18.2 Å². The van der Waals surface area contributed by atoms with Crippen LogP contribution in [0.5, 0.6) is 0 Å². The standard InChI is InChI=1S/C15H23FN2O/c1-11(19)13-7-4-8-14(16)15(13)18(3)12-6-5-9-17(2)10-12/h4,7-8,11-12,19H,5-6,9-10H2,1-3H3/t11-,12?/m0/s1. The number of anilines is 1. The molecule has 0 bridgehead atoms. The minimum absolute atomic E-state index is 0.255. The number of piperidine rings is 1. The van der Waals surface area contributed by atoms with E-state index in [1.165, 1.54) is 6.07 Å². The second-order valence-electron chi connectivity index (χ2n) is 5.52. The van der Waals surface area contributed by atoms with Crippen molar-refractivity contribution < 1.29 is 9.50 Å². The van der Waals surface area contributed by atoms with Gasteiger partial charge < -0.3 is 14.9 Å². The fourth-order valence-electron chi connectivity index (χ4n) is 2.88. The first-order chi connectivity index (χ1) is 9.00. The van der Waals surface area contributed by atoms with Crippen LogP contribution in [0.3, 0.4) is 0 Å². The second-order valence-corrected chi connectivity index (χ2v) is 5.52. The van der Waals surface area contributed by atoms with E-state index in [1.54, 1.807) is 19.1 Å². The molecule has 0 aromatic heterocycles. The first kappa shape index (κ1) is 14.3. The second kappa shape index (κ2) is 5.88. The van der Waals surface area contributed by atoms with Crippen LogP contribution in [0.25, 0.3) is 0 Å². The van der Waals surface area contributed by atoms with Crippen LogP contribution in [0.2, 0.25) is 0 Å². The maximum Gasteiger partial charge on any atom is 0.146 e. The number of para-hydroxylation sites is 1. The molecule has 1 aromatic rings. The highest BCUT2D eigenvalue weighted by atomic mass is 19.1. The fourth-order valence-corrected chi connectivity index (χ4v) is 2.88. The molecular weight excluding hydrogens is 243 g/mol. The molecule has 1 fully saturated rings. The van der Waals surface area contributed by atoms with E-state index >= 15 is 0 Å². The maximum absolute atomic E-state index is 14.1. The number of likely N-dealkylation sites (tertiary alicyclic amines) is 1.